The molecule has 1 fully saturated rings. The second-order valence-electron chi connectivity index (χ2n) is 9.34. The molecule has 7 nitrogen and oxygen atoms in total. The van der Waals surface area contributed by atoms with Crippen LogP contribution in [0.25, 0.3) is 0 Å². The molecule has 1 amide bonds. The van der Waals surface area contributed by atoms with E-state index in [4.69, 9.17) is 16.0 Å². The number of oxazole rings is 1. The van der Waals surface area contributed by atoms with Crippen LogP contribution in [0.5, 0.6) is 0 Å². The predicted molar refractivity (Wildman–Crippen MR) is 124 cm³/mol. The zero-order valence-electron chi connectivity index (χ0n) is 18.9. The number of aromatic nitrogens is 3. The Morgan fingerprint density at radius 2 is 1.84 bits per heavy atom. The summed E-state index contributed by atoms with van der Waals surface area (Å²) in [7, 11) is 0. The highest BCUT2D eigenvalue weighted by Crippen LogP contribution is 2.23. The van der Waals surface area contributed by atoms with E-state index in [0.717, 1.165) is 43.3 Å². The summed E-state index contributed by atoms with van der Waals surface area (Å²) in [5.41, 5.74) is 1.74. The maximum absolute atomic E-state index is 13.0. The first-order chi connectivity index (χ1) is 15.3. The summed E-state index contributed by atoms with van der Waals surface area (Å²) in [5, 5.41) is 4.81. The predicted octanol–water partition coefficient (Wildman–Crippen LogP) is 4.22. The standard InChI is InChI=1S/C24H30ClN5O2/c1-24(2,3)21-14-26-22(32-21)17-28-9-4-10-29(12-11-28)23(31)19-7-5-18(6-8-19)15-30-16-20(25)13-27-30/h5-8,13-14,16H,4,9-12,15,17H2,1-3H3. The third-order valence-electron chi connectivity index (χ3n) is 5.67. The summed E-state index contributed by atoms with van der Waals surface area (Å²) in [6.45, 7) is 10.8. The molecule has 1 aliphatic heterocycles. The van der Waals surface area contributed by atoms with Crippen LogP contribution in [0.1, 0.15) is 54.8 Å². The van der Waals surface area contributed by atoms with Crippen molar-refractivity contribution >= 4 is 17.5 Å². The Labute approximate surface area is 194 Å². The Morgan fingerprint density at radius 1 is 1.06 bits per heavy atom. The maximum Gasteiger partial charge on any atom is 0.253 e. The van der Waals surface area contributed by atoms with Gasteiger partial charge in [-0.25, -0.2) is 4.98 Å². The molecule has 0 aliphatic carbocycles. The Hall–Kier alpha value is -2.64. The summed E-state index contributed by atoms with van der Waals surface area (Å²) in [6.07, 6.45) is 6.16. The maximum atomic E-state index is 13.0. The van der Waals surface area contributed by atoms with Crippen molar-refractivity contribution in [2.75, 3.05) is 26.2 Å². The molecule has 0 saturated carbocycles. The first-order valence-corrected chi connectivity index (χ1v) is 11.4. The second-order valence-corrected chi connectivity index (χ2v) is 9.78. The molecule has 1 aromatic carbocycles. The molecule has 2 aromatic heterocycles. The normalized spacial score (nSPS) is 15.7. The molecule has 0 unspecified atom stereocenters. The highest BCUT2D eigenvalue weighted by Gasteiger charge is 2.23. The number of hydrogen-bond acceptors (Lipinski definition) is 5. The van der Waals surface area contributed by atoms with Crippen LogP contribution >= 0.6 is 11.6 Å². The van der Waals surface area contributed by atoms with Crippen molar-refractivity contribution in [3.63, 3.8) is 0 Å². The van der Waals surface area contributed by atoms with E-state index in [-0.39, 0.29) is 11.3 Å². The van der Waals surface area contributed by atoms with Crippen LogP contribution in [0.2, 0.25) is 5.02 Å². The molecule has 4 rings (SSSR count). The minimum absolute atomic E-state index is 0.0474. The fraction of sp³-hybridized carbons (Fsp3) is 0.458. The Kier molecular flexibility index (Phi) is 6.67. The highest BCUT2D eigenvalue weighted by atomic mass is 35.5. The molecular formula is C24H30ClN5O2. The third kappa shape index (κ3) is 5.58. The number of carbonyl (C=O) groups is 1. The van der Waals surface area contributed by atoms with E-state index in [9.17, 15) is 4.79 Å². The van der Waals surface area contributed by atoms with Gasteiger partial charge in [0.25, 0.3) is 5.91 Å². The lowest BCUT2D eigenvalue weighted by atomic mass is 9.94. The molecule has 0 N–H and O–H groups in total. The van der Waals surface area contributed by atoms with E-state index in [1.165, 1.54) is 0 Å². The summed E-state index contributed by atoms with van der Waals surface area (Å²) >= 11 is 5.92. The van der Waals surface area contributed by atoms with Crippen molar-refractivity contribution in [3.8, 4) is 0 Å². The fourth-order valence-electron chi connectivity index (χ4n) is 3.80. The molecule has 0 radical (unpaired) electrons. The van der Waals surface area contributed by atoms with Gasteiger partial charge in [0.05, 0.1) is 30.5 Å². The molecule has 170 valence electrons. The van der Waals surface area contributed by atoms with E-state index in [2.05, 4.69) is 35.8 Å². The quantitative estimate of drug-likeness (QED) is 0.576. The SMILES string of the molecule is CC(C)(C)c1cnc(CN2CCCN(C(=O)c3ccc(Cn4cc(Cl)cn4)cc3)CC2)o1. The van der Waals surface area contributed by atoms with Crippen LogP contribution in [0, 0.1) is 0 Å². The third-order valence-corrected chi connectivity index (χ3v) is 5.87. The van der Waals surface area contributed by atoms with Gasteiger partial charge in [0.1, 0.15) is 5.76 Å². The molecule has 3 aromatic rings. The van der Waals surface area contributed by atoms with E-state index >= 15 is 0 Å². The first kappa shape index (κ1) is 22.6. The monoisotopic (exact) mass is 455 g/mol. The van der Waals surface area contributed by atoms with Gasteiger partial charge in [-0.3, -0.25) is 14.4 Å². The van der Waals surface area contributed by atoms with E-state index in [1.807, 2.05) is 35.4 Å². The van der Waals surface area contributed by atoms with Gasteiger partial charge in [0.15, 0.2) is 0 Å². The second kappa shape index (κ2) is 9.46. The molecule has 0 spiro atoms. The van der Waals surface area contributed by atoms with Gasteiger partial charge in [-0.15, -0.1) is 0 Å². The number of nitrogens with zero attached hydrogens (tertiary/aromatic N) is 5. The minimum Gasteiger partial charge on any atom is -0.444 e. The number of halogens is 1. The molecule has 0 bridgehead atoms. The lowest BCUT2D eigenvalue weighted by Crippen LogP contribution is -2.35. The Balaban J connectivity index is 1.32. The number of benzene rings is 1. The topological polar surface area (TPSA) is 67.4 Å². The van der Waals surface area contributed by atoms with Crippen LogP contribution in [0.15, 0.2) is 47.3 Å². The van der Waals surface area contributed by atoms with Crippen molar-refractivity contribution in [1.82, 2.24) is 24.6 Å². The van der Waals surface area contributed by atoms with Crippen LogP contribution in [-0.4, -0.2) is 56.7 Å². The molecule has 1 saturated heterocycles. The fourth-order valence-corrected chi connectivity index (χ4v) is 3.96. The van der Waals surface area contributed by atoms with Crippen LogP contribution in [0.3, 0.4) is 0 Å². The van der Waals surface area contributed by atoms with Crippen molar-refractivity contribution in [2.45, 2.75) is 45.7 Å². The van der Waals surface area contributed by atoms with Gasteiger partial charge >= 0.3 is 0 Å². The van der Waals surface area contributed by atoms with Gasteiger partial charge in [0, 0.05) is 43.4 Å². The van der Waals surface area contributed by atoms with Gasteiger partial charge in [-0.05, 0) is 24.1 Å². The summed E-state index contributed by atoms with van der Waals surface area (Å²) in [6, 6.07) is 7.74. The zero-order valence-corrected chi connectivity index (χ0v) is 19.7. The van der Waals surface area contributed by atoms with E-state index < -0.39 is 0 Å². The van der Waals surface area contributed by atoms with Gasteiger partial charge in [0.2, 0.25) is 5.89 Å². The minimum atomic E-state index is -0.0474. The lowest BCUT2D eigenvalue weighted by Gasteiger charge is -2.21. The first-order valence-electron chi connectivity index (χ1n) is 11.0. The average molecular weight is 456 g/mol. The zero-order chi connectivity index (χ0) is 22.7. The summed E-state index contributed by atoms with van der Waals surface area (Å²) in [4.78, 5) is 21.7. The molecule has 1 aliphatic rings. The number of amides is 1. The van der Waals surface area contributed by atoms with Crippen molar-refractivity contribution < 1.29 is 9.21 Å². The molecule has 8 heteroatoms. The van der Waals surface area contributed by atoms with Gasteiger partial charge in [-0.2, -0.15) is 5.10 Å². The van der Waals surface area contributed by atoms with Crippen LogP contribution in [0.4, 0.5) is 0 Å². The van der Waals surface area contributed by atoms with Crippen molar-refractivity contribution in [2.24, 2.45) is 0 Å². The smallest absolute Gasteiger partial charge is 0.253 e. The van der Waals surface area contributed by atoms with Gasteiger partial charge < -0.3 is 9.32 Å². The summed E-state index contributed by atoms with van der Waals surface area (Å²) < 4.78 is 7.72. The Morgan fingerprint density at radius 3 is 2.50 bits per heavy atom. The van der Waals surface area contributed by atoms with E-state index in [1.54, 1.807) is 17.1 Å². The molecule has 0 atom stereocenters. The molecule has 32 heavy (non-hydrogen) atoms. The van der Waals surface area contributed by atoms with Crippen LogP contribution < -0.4 is 0 Å². The highest BCUT2D eigenvalue weighted by molar-refractivity contribution is 6.30. The van der Waals surface area contributed by atoms with Crippen molar-refractivity contribution in [3.05, 3.63) is 70.7 Å². The molecular weight excluding hydrogens is 426 g/mol. The summed E-state index contributed by atoms with van der Waals surface area (Å²) in [5.74, 6) is 1.72. The number of carbonyl (C=O) groups excluding carboxylic acids is 1. The number of rotatable bonds is 5. The lowest BCUT2D eigenvalue weighted by molar-refractivity contribution is 0.0760. The average Bonchev–Trinajstić information content (AvgIpc) is 3.32. The molecule has 3 heterocycles. The largest absolute Gasteiger partial charge is 0.444 e. The van der Waals surface area contributed by atoms with E-state index in [0.29, 0.717) is 30.2 Å². The van der Waals surface area contributed by atoms with Gasteiger partial charge in [-0.1, -0.05) is 44.5 Å². The van der Waals surface area contributed by atoms with Crippen molar-refractivity contribution in [1.29, 1.82) is 0 Å². The number of hydrogen-bond donors (Lipinski definition) is 0. The Bertz CT molecular complexity index is 1050. The van der Waals surface area contributed by atoms with Crippen LogP contribution in [-0.2, 0) is 18.5 Å².